The number of Topliss-reactive ketones (excluding diaryl/α,β-unsaturated/α-hetero) is 2. The third kappa shape index (κ3) is 3.40. The maximum absolute atomic E-state index is 12.1. The molecule has 1 N–H and O–H groups in total. The van der Waals surface area contributed by atoms with Crippen LogP contribution in [0.15, 0.2) is 24.3 Å². The number of rotatable bonds is 6. The fourth-order valence-electron chi connectivity index (χ4n) is 1.63. The molecule has 0 aliphatic carbocycles. The minimum atomic E-state index is -1.57. The van der Waals surface area contributed by atoms with Crippen LogP contribution in [0.25, 0.3) is 0 Å². The first kappa shape index (κ1) is 14.4. The Morgan fingerprint density at radius 1 is 1.22 bits per heavy atom. The molecule has 0 saturated carbocycles. The summed E-state index contributed by atoms with van der Waals surface area (Å²) in [6.45, 7) is 1.79. The topological polar surface area (TPSA) is 71.4 Å². The van der Waals surface area contributed by atoms with Gasteiger partial charge >= 0.3 is 5.97 Å². The van der Waals surface area contributed by atoms with Crippen LogP contribution in [0.3, 0.4) is 0 Å². The van der Waals surface area contributed by atoms with Crippen LogP contribution in [0.1, 0.15) is 30.1 Å². The first-order valence-electron chi connectivity index (χ1n) is 5.54. The fraction of sp³-hybridized carbons (Fsp3) is 0.308. The molecule has 96 valence electrons. The van der Waals surface area contributed by atoms with E-state index in [0.29, 0.717) is 17.0 Å². The Kier molecular flexibility index (Phi) is 5.04. The SMILES string of the molecule is CCCC(C(=O)C(=O)O)C(=O)c1ccc(Cl)cc1. The molecule has 0 aliphatic heterocycles. The van der Waals surface area contributed by atoms with Gasteiger partial charge in [0.15, 0.2) is 5.78 Å². The molecule has 0 heterocycles. The second-order valence-electron chi connectivity index (χ2n) is 3.88. The third-order valence-corrected chi connectivity index (χ3v) is 2.80. The molecule has 1 atom stereocenters. The van der Waals surface area contributed by atoms with Crippen LogP contribution in [0.4, 0.5) is 0 Å². The van der Waals surface area contributed by atoms with E-state index < -0.39 is 23.5 Å². The molecule has 0 bridgehead atoms. The van der Waals surface area contributed by atoms with Crippen LogP contribution in [0, 0.1) is 5.92 Å². The van der Waals surface area contributed by atoms with Crippen molar-refractivity contribution < 1.29 is 19.5 Å². The molecular weight excluding hydrogens is 256 g/mol. The highest BCUT2D eigenvalue weighted by Gasteiger charge is 2.31. The summed E-state index contributed by atoms with van der Waals surface area (Å²) in [7, 11) is 0. The molecule has 0 radical (unpaired) electrons. The molecule has 0 spiro atoms. The number of carbonyl (C=O) groups is 3. The average molecular weight is 269 g/mol. The van der Waals surface area contributed by atoms with E-state index in [1.165, 1.54) is 24.3 Å². The molecule has 0 fully saturated rings. The highest BCUT2D eigenvalue weighted by atomic mass is 35.5. The first-order chi connectivity index (χ1) is 8.47. The highest BCUT2D eigenvalue weighted by Crippen LogP contribution is 2.18. The van der Waals surface area contributed by atoms with E-state index in [-0.39, 0.29) is 6.42 Å². The summed E-state index contributed by atoms with van der Waals surface area (Å²) in [4.78, 5) is 34.2. The lowest BCUT2D eigenvalue weighted by Gasteiger charge is -2.11. The number of hydrogen-bond acceptors (Lipinski definition) is 3. The minimum Gasteiger partial charge on any atom is -0.475 e. The number of hydrogen-bond donors (Lipinski definition) is 1. The lowest BCUT2D eigenvalue weighted by Crippen LogP contribution is -2.30. The van der Waals surface area contributed by atoms with Crippen LogP contribution in [0.2, 0.25) is 5.02 Å². The Balaban J connectivity index is 2.99. The van der Waals surface area contributed by atoms with Crippen LogP contribution >= 0.6 is 11.6 Å². The van der Waals surface area contributed by atoms with E-state index in [1.807, 2.05) is 0 Å². The zero-order valence-electron chi connectivity index (χ0n) is 9.85. The van der Waals surface area contributed by atoms with Crippen molar-refractivity contribution in [1.82, 2.24) is 0 Å². The molecule has 4 nitrogen and oxygen atoms in total. The number of aliphatic carboxylic acids is 1. The zero-order chi connectivity index (χ0) is 13.7. The van der Waals surface area contributed by atoms with Crippen LogP contribution in [0.5, 0.6) is 0 Å². The molecule has 0 aliphatic rings. The first-order valence-corrected chi connectivity index (χ1v) is 5.92. The van der Waals surface area contributed by atoms with Crippen molar-refractivity contribution in [3.05, 3.63) is 34.9 Å². The molecule has 1 unspecified atom stereocenters. The van der Waals surface area contributed by atoms with Crippen molar-refractivity contribution in [2.75, 3.05) is 0 Å². The van der Waals surface area contributed by atoms with Gasteiger partial charge in [-0.2, -0.15) is 0 Å². The van der Waals surface area contributed by atoms with E-state index in [9.17, 15) is 14.4 Å². The number of halogens is 1. The Hall–Kier alpha value is -1.68. The molecule has 1 aromatic rings. The normalized spacial score (nSPS) is 11.9. The van der Waals surface area contributed by atoms with Gasteiger partial charge in [-0.1, -0.05) is 24.9 Å². The zero-order valence-corrected chi connectivity index (χ0v) is 10.6. The molecule has 5 heteroatoms. The number of ketones is 2. The number of carbonyl (C=O) groups excluding carboxylic acids is 2. The van der Waals surface area contributed by atoms with Gasteiger partial charge in [-0.05, 0) is 30.7 Å². The van der Waals surface area contributed by atoms with Crippen molar-refractivity contribution in [3.63, 3.8) is 0 Å². The largest absolute Gasteiger partial charge is 0.475 e. The van der Waals surface area contributed by atoms with Crippen molar-refractivity contribution in [1.29, 1.82) is 0 Å². The molecular formula is C13H13ClO4. The lowest BCUT2D eigenvalue weighted by atomic mass is 9.90. The Bertz CT molecular complexity index is 464. The predicted molar refractivity (Wildman–Crippen MR) is 66.8 cm³/mol. The van der Waals surface area contributed by atoms with Crippen molar-refractivity contribution >= 4 is 29.1 Å². The number of benzene rings is 1. The van der Waals surface area contributed by atoms with Gasteiger partial charge in [0.05, 0.1) is 5.92 Å². The van der Waals surface area contributed by atoms with Gasteiger partial charge in [-0.3, -0.25) is 9.59 Å². The fourth-order valence-corrected chi connectivity index (χ4v) is 1.76. The summed E-state index contributed by atoms with van der Waals surface area (Å²) in [5, 5.41) is 9.17. The maximum atomic E-state index is 12.1. The quantitative estimate of drug-likeness (QED) is 0.489. The summed E-state index contributed by atoms with van der Waals surface area (Å²) < 4.78 is 0. The lowest BCUT2D eigenvalue weighted by molar-refractivity contribution is -0.150. The smallest absolute Gasteiger partial charge is 0.372 e. The summed E-state index contributed by atoms with van der Waals surface area (Å²) >= 11 is 5.70. The van der Waals surface area contributed by atoms with Gasteiger partial charge in [0, 0.05) is 10.6 Å². The van der Waals surface area contributed by atoms with E-state index in [4.69, 9.17) is 16.7 Å². The van der Waals surface area contributed by atoms with Gasteiger partial charge in [0.2, 0.25) is 0 Å². The van der Waals surface area contributed by atoms with Crippen LogP contribution < -0.4 is 0 Å². The predicted octanol–water partition coefficient (Wildman–Crippen LogP) is 2.59. The number of carboxylic acids is 1. The summed E-state index contributed by atoms with van der Waals surface area (Å²) in [5.74, 6) is -4.22. The maximum Gasteiger partial charge on any atom is 0.372 e. The summed E-state index contributed by atoms with van der Waals surface area (Å²) in [6, 6.07) is 6.04. The third-order valence-electron chi connectivity index (χ3n) is 2.55. The van der Waals surface area contributed by atoms with Gasteiger partial charge in [0.25, 0.3) is 5.78 Å². The highest BCUT2D eigenvalue weighted by molar-refractivity contribution is 6.38. The molecule has 18 heavy (non-hydrogen) atoms. The van der Waals surface area contributed by atoms with Crippen molar-refractivity contribution in [3.8, 4) is 0 Å². The second kappa shape index (κ2) is 6.31. The second-order valence-corrected chi connectivity index (χ2v) is 4.32. The molecule has 0 amide bonds. The minimum absolute atomic E-state index is 0.229. The average Bonchev–Trinajstić information content (AvgIpc) is 2.35. The van der Waals surface area contributed by atoms with Gasteiger partial charge in [-0.25, -0.2) is 4.79 Å². The van der Waals surface area contributed by atoms with E-state index >= 15 is 0 Å². The molecule has 1 rings (SSSR count). The van der Waals surface area contributed by atoms with Crippen LogP contribution in [-0.4, -0.2) is 22.6 Å². The van der Waals surface area contributed by atoms with Gasteiger partial charge < -0.3 is 5.11 Å². The monoisotopic (exact) mass is 268 g/mol. The van der Waals surface area contributed by atoms with Gasteiger partial charge in [-0.15, -0.1) is 0 Å². The van der Waals surface area contributed by atoms with Crippen LogP contribution in [-0.2, 0) is 9.59 Å². The molecule has 1 aromatic carbocycles. The number of carboxylic acid groups (broad SMARTS) is 1. The Labute approximate surface area is 110 Å². The molecule has 0 aromatic heterocycles. The van der Waals surface area contributed by atoms with E-state index in [2.05, 4.69) is 0 Å². The van der Waals surface area contributed by atoms with Crippen molar-refractivity contribution in [2.24, 2.45) is 5.92 Å². The molecule has 0 saturated heterocycles. The summed E-state index contributed by atoms with van der Waals surface area (Å²) in [6.07, 6.45) is 0.787. The van der Waals surface area contributed by atoms with Gasteiger partial charge in [0.1, 0.15) is 0 Å². The Morgan fingerprint density at radius 2 is 1.78 bits per heavy atom. The summed E-state index contributed by atoms with van der Waals surface area (Å²) in [5.41, 5.74) is 0.299. The standard InChI is InChI=1S/C13H13ClO4/c1-2-3-10(12(16)13(17)18)11(15)8-4-6-9(14)7-5-8/h4-7,10H,2-3H2,1H3,(H,17,18). The van der Waals surface area contributed by atoms with Crippen molar-refractivity contribution in [2.45, 2.75) is 19.8 Å². The van der Waals surface area contributed by atoms with E-state index in [1.54, 1.807) is 6.92 Å². The Morgan fingerprint density at radius 3 is 2.22 bits per heavy atom. The van der Waals surface area contributed by atoms with E-state index in [0.717, 1.165) is 0 Å².